The van der Waals surface area contributed by atoms with Gasteiger partial charge in [-0.2, -0.15) is 5.26 Å². The molecule has 2 rings (SSSR count). The molecule has 0 aromatic heterocycles. The lowest BCUT2D eigenvalue weighted by atomic mass is 10.2. The molecule has 2 N–H and O–H groups in total. The van der Waals surface area contributed by atoms with Crippen LogP contribution in [0.5, 0.6) is 0 Å². The van der Waals surface area contributed by atoms with Crippen LogP contribution in [0.4, 0.5) is 10.5 Å². The van der Waals surface area contributed by atoms with Crippen LogP contribution >= 0.6 is 0 Å². The Labute approximate surface area is 135 Å². The van der Waals surface area contributed by atoms with Gasteiger partial charge in [-0.1, -0.05) is 0 Å². The van der Waals surface area contributed by atoms with Crippen LogP contribution in [0, 0.1) is 11.3 Å². The van der Waals surface area contributed by atoms with Gasteiger partial charge in [-0.05, 0) is 31.2 Å². The minimum Gasteiger partial charge on any atom is -0.450 e. The number of anilines is 1. The molecular formula is C16H21N4O3+. The summed E-state index contributed by atoms with van der Waals surface area (Å²) in [5, 5.41) is 11.6. The number of hydrogen-bond acceptors (Lipinski definition) is 4. The zero-order valence-electron chi connectivity index (χ0n) is 13.2. The van der Waals surface area contributed by atoms with E-state index in [1.54, 1.807) is 36.1 Å². The molecule has 2 amide bonds. The SMILES string of the molecule is CCOC(=O)N1CC[NH+](CC(=O)Nc2ccc(C#N)cc2)CC1. The van der Waals surface area contributed by atoms with Crippen LogP contribution in [0.25, 0.3) is 0 Å². The van der Waals surface area contributed by atoms with Crippen LogP contribution in [-0.4, -0.2) is 56.2 Å². The van der Waals surface area contributed by atoms with Gasteiger partial charge in [0.1, 0.15) is 0 Å². The normalized spacial score (nSPS) is 14.9. The first kappa shape index (κ1) is 16.8. The molecule has 1 aromatic rings. The van der Waals surface area contributed by atoms with Gasteiger partial charge in [-0.15, -0.1) is 0 Å². The average Bonchev–Trinajstić information content (AvgIpc) is 2.56. The molecule has 1 saturated heterocycles. The number of nitrogens with one attached hydrogen (secondary N) is 2. The Morgan fingerprint density at radius 3 is 2.52 bits per heavy atom. The van der Waals surface area contributed by atoms with Gasteiger partial charge >= 0.3 is 6.09 Å². The summed E-state index contributed by atoms with van der Waals surface area (Å²) in [6.07, 6.45) is -0.284. The third-order valence-electron chi connectivity index (χ3n) is 3.70. The maximum absolute atomic E-state index is 12.1. The number of quaternary nitrogens is 1. The first-order chi connectivity index (χ1) is 11.1. The van der Waals surface area contributed by atoms with Gasteiger partial charge in [-0.3, -0.25) is 9.69 Å². The Morgan fingerprint density at radius 2 is 1.96 bits per heavy atom. The standard InChI is InChI=1S/C16H20N4O3/c1-2-23-16(22)20-9-7-19(8-10-20)12-15(21)18-14-5-3-13(11-17)4-6-14/h3-6H,2,7-10,12H2,1H3,(H,18,21)/p+1. The van der Waals surface area contributed by atoms with Crippen molar-refractivity contribution in [1.29, 1.82) is 5.26 Å². The van der Waals surface area contributed by atoms with Crippen molar-refractivity contribution < 1.29 is 19.2 Å². The quantitative estimate of drug-likeness (QED) is 0.809. The highest BCUT2D eigenvalue weighted by Gasteiger charge is 2.25. The lowest BCUT2D eigenvalue weighted by molar-refractivity contribution is -0.895. The summed E-state index contributed by atoms with van der Waals surface area (Å²) in [6, 6.07) is 8.80. The van der Waals surface area contributed by atoms with Gasteiger partial charge in [0.2, 0.25) is 0 Å². The summed E-state index contributed by atoms with van der Waals surface area (Å²) in [5.41, 5.74) is 1.24. The molecule has 1 aromatic carbocycles. The van der Waals surface area contributed by atoms with Crippen LogP contribution in [0.3, 0.4) is 0 Å². The van der Waals surface area contributed by atoms with Crippen LogP contribution < -0.4 is 10.2 Å². The Bertz CT molecular complexity index is 586. The zero-order chi connectivity index (χ0) is 16.7. The molecule has 0 radical (unpaired) electrons. The smallest absolute Gasteiger partial charge is 0.410 e. The zero-order valence-corrected chi connectivity index (χ0v) is 13.2. The van der Waals surface area contributed by atoms with Gasteiger partial charge in [-0.25, -0.2) is 4.79 Å². The van der Waals surface area contributed by atoms with Crippen molar-refractivity contribution in [3.8, 4) is 6.07 Å². The van der Waals surface area contributed by atoms with Crippen molar-refractivity contribution in [2.45, 2.75) is 6.92 Å². The minimum atomic E-state index is -0.284. The van der Waals surface area contributed by atoms with Crippen LogP contribution in [-0.2, 0) is 9.53 Å². The number of ether oxygens (including phenoxy) is 1. The predicted octanol–water partition coefficient (Wildman–Crippen LogP) is -0.146. The van der Waals surface area contributed by atoms with E-state index in [1.165, 1.54) is 0 Å². The summed E-state index contributed by atoms with van der Waals surface area (Å²) in [4.78, 5) is 26.5. The Balaban J connectivity index is 1.76. The molecule has 7 nitrogen and oxygen atoms in total. The van der Waals surface area contributed by atoms with Gasteiger partial charge in [0, 0.05) is 5.69 Å². The molecule has 1 aliphatic heterocycles. The van der Waals surface area contributed by atoms with Gasteiger partial charge in [0.25, 0.3) is 5.91 Å². The van der Waals surface area contributed by atoms with Crippen molar-refractivity contribution >= 4 is 17.7 Å². The third kappa shape index (κ3) is 4.97. The second-order valence-electron chi connectivity index (χ2n) is 5.35. The second-order valence-corrected chi connectivity index (χ2v) is 5.35. The molecular weight excluding hydrogens is 296 g/mol. The van der Waals surface area contributed by atoms with Crippen LogP contribution in [0.2, 0.25) is 0 Å². The van der Waals surface area contributed by atoms with Crippen molar-refractivity contribution in [1.82, 2.24) is 4.90 Å². The Hall–Kier alpha value is -2.59. The van der Waals surface area contributed by atoms with E-state index in [-0.39, 0.29) is 12.0 Å². The topological polar surface area (TPSA) is 86.9 Å². The lowest BCUT2D eigenvalue weighted by Crippen LogP contribution is -3.15. The molecule has 1 heterocycles. The van der Waals surface area contributed by atoms with Gasteiger partial charge in [0.05, 0.1) is 44.4 Å². The number of piperazine rings is 1. The van der Waals surface area contributed by atoms with E-state index in [0.29, 0.717) is 37.5 Å². The maximum atomic E-state index is 12.1. The number of hydrogen-bond donors (Lipinski definition) is 2. The number of rotatable bonds is 4. The number of amides is 2. The molecule has 0 bridgehead atoms. The number of carbonyl (C=O) groups excluding carboxylic acids is 2. The summed E-state index contributed by atoms with van der Waals surface area (Å²) in [7, 11) is 0. The van der Waals surface area contributed by atoms with Gasteiger partial charge in [0.15, 0.2) is 6.54 Å². The van der Waals surface area contributed by atoms with E-state index >= 15 is 0 Å². The number of nitriles is 1. The van der Waals surface area contributed by atoms with Crippen molar-refractivity contribution in [3.63, 3.8) is 0 Å². The average molecular weight is 317 g/mol. The van der Waals surface area contributed by atoms with Gasteiger partial charge < -0.3 is 15.0 Å². The molecule has 1 aliphatic rings. The number of benzene rings is 1. The molecule has 1 fully saturated rings. The van der Waals surface area contributed by atoms with E-state index in [9.17, 15) is 9.59 Å². The maximum Gasteiger partial charge on any atom is 0.410 e. The summed E-state index contributed by atoms with van der Waals surface area (Å²) in [6.45, 7) is 5.15. The van der Waals surface area contributed by atoms with Crippen LogP contribution in [0.15, 0.2) is 24.3 Å². The predicted molar refractivity (Wildman–Crippen MR) is 83.9 cm³/mol. The molecule has 0 spiro atoms. The molecule has 7 heteroatoms. The number of nitrogens with zero attached hydrogens (tertiary/aromatic N) is 2. The molecule has 23 heavy (non-hydrogen) atoms. The Kier molecular flexibility index (Phi) is 5.94. The van der Waals surface area contributed by atoms with E-state index in [2.05, 4.69) is 5.32 Å². The van der Waals surface area contributed by atoms with Crippen LogP contribution in [0.1, 0.15) is 12.5 Å². The fourth-order valence-corrected chi connectivity index (χ4v) is 2.46. The first-order valence-electron chi connectivity index (χ1n) is 7.67. The summed E-state index contributed by atoms with van der Waals surface area (Å²) < 4.78 is 4.97. The highest BCUT2D eigenvalue weighted by molar-refractivity contribution is 5.91. The number of carbonyl (C=O) groups is 2. The molecule has 122 valence electrons. The second kappa shape index (κ2) is 8.15. The fourth-order valence-electron chi connectivity index (χ4n) is 2.46. The third-order valence-corrected chi connectivity index (χ3v) is 3.70. The van der Waals surface area contributed by atoms with E-state index in [4.69, 9.17) is 10.00 Å². The van der Waals surface area contributed by atoms with Crippen molar-refractivity contribution in [2.75, 3.05) is 44.6 Å². The molecule has 0 unspecified atom stereocenters. The highest BCUT2D eigenvalue weighted by atomic mass is 16.6. The summed E-state index contributed by atoms with van der Waals surface area (Å²) in [5.74, 6) is -0.0747. The largest absolute Gasteiger partial charge is 0.450 e. The minimum absolute atomic E-state index is 0.0747. The van der Waals surface area contributed by atoms with Crippen molar-refractivity contribution in [3.05, 3.63) is 29.8 Å². The fraction of sp³-hybridized carbons (Fsp3) is 0.438. The Morgan fingerprint density at radius 1 is 1.30 bits per heavy atom. The highest BCUT2D eigenvalue weighted by Crippen LogP contribution is 2.08. The lowest BCUT2D eigenvalue weighted by Gasteiger charge is -2.31. The monoisotopic (exact) mass is 317 g/mol. The molecule has 0 atom stereocenters. The molecule has 0 saturated carbocycles. The van der Waals surface area contributed by atoms with E-state index in [1.807, 2.05) is 6.07 Å². The van der Waals surface area contributed by atoms with E-state index < -0.39 is 0 Å². The van der Waals surface area contributed by atoms with E-state index in [0.717, 1.165) is 18.0 Å². The first-order valence-corrected chi connectivity index (χ1v) is 7.67. The summed E-state index contributed by atoms with van der Waals surface area (Å²) >= 11 is 0. The molecule has 0 aliphatic carbocycles. The van der Waals surface area contributed by atoms with Crippen molar-refractivity contribution in [2.24, 2.45) is 0 Å².